The highest BCUT2D eigenvalue weighted by Crippen LogP contribution is 2.27. The minimum absolute atomic E-state index is 0.0351. The average Bonchev–Trinajstić information content (AvgIpc) is 3.09. The SMILES string of the molecule is O=C(NCCCNC(=O)C1CC(=O)N(c2cccc(Br)c2)C1)c1cccc(O)c1. The van der Waals surface area contributed by atoms with Crippen LogP contribution in [0.25, 0.3) is 0 Å². The number of phenolic OH excluding ortho intramolecular Hbond substituents is 1. The highest BCUT2D eigenvalue weighted by molar-refractivity contribution is 9.10. The lowest BCUT2D eigenvalue weighted by Gasteiger charge is -2.17. The largest absolute Gasteiger partial charge is 0.508 e. The zero-order valence-corrected chi connectivity index (χ0v) is 17.3. The minimum atomic E-state index is -0.386. The fraction of sp³-hybridized carbons (Fsp3) is 0.286. The van der Waals surface area contributed by atoms with Crippen LogP contribution in [0.15, 0.2) is 53.0 Å². The summed E-state index contributed by atoms with van der Waals surface area (Å²) < 4.78 is 0.878. The predicted octanol–water partition coefficient (Wildman–Crippen LogP) is 2.44. The number of rotatable bonds is 7. The van der Waals surface area contributed by atoms with Crippen LogP contribution in [-0.4, -0.2) is 42.5 Å². The van der Waals surface area contributed by atoms with Crippen molar-refractivity contribution in [2.75, 3.05) is 24.5 Å². The van der Waals surface area contributed by atoms with Crippen molar-refractivity contribution in [3.8, 4) is 5.75 Å². The zero-order valence-electron chi connectivity index (χ0n) is 15.7. The number of nitrogens with zero attached hydrogens (tertiary/aromatic N) is 1. The lowest BCUT2D eigenvalue weighted by molar-refractivity contribution is -0.126. The molecule has 0 spiro atoms. The normalized spacial score (nSPS) is 16.0. The maximum absolute atomic E-state index is 12.4. The van der Waals surface area contributed by atoms with Crippen LogP contribution in [0.1, 0.15) is 23.2 Å². The molecule has 8 heteroatoms. The number of halogens is 1. The Labute approximate surface area is 177 Å². The van der Waals surface area contributed by atoms with E-state index in [4.69, 9.17) is 0 Å². The van der Waals surface area contributed by atoms with Crippen molar-refractivity contribution in [1.82, 2.24) is 10.6 Å². The topological polar surface area (TPSA) is 98.7 Å². The summed E-state index contributed by atoms with van der Waals surface area (Å²) in [6, 6.07) is 13.5. The number of carbonyl (C=O) groups excluding carboxylic acids is 3. The number of benzene rings is 2. The molecule has 1 atom stereocenters. The van der Waals surface area contributed by atoms with Gasteiger partial charge in [-0.15, -0.1) is 0 Å². The summed E-state index contributed by atoms with van der Waals surface area (Å²) in [6.07, 6.45) is 0.749. The third kappa shape index (κ3) is 5.57. The second kappa shape index (κ2) is 9.56. The molecule has 1 fully saturated rings. The van der Waals surface area contributed by atoms with Gasteiger partial charge in [0, 0.05) is 41.8 Å². The summed E-state index contributed by atoms with van der Waals surface area (Å²) >= 11 is 3.39. The van der Waals surface area contributed by atoms with Gasteiger partial charge in [-0.1, -0.05) is 28.1 Å². The first-order valence-electron chi connectivity index (χ1n) is 9.35. The first-order valence-corrected chi connectivity index (χ1v) is 10.1. The highest BCUT2D eigenvalue weighted by Gasteiger charge is 2.34. The molecule has 0 radical (unpaired) electrons. The number of carbonyl (C=O) groups is 3. The molecule has 1 aliphatic heterocycles. The Hall–Kier alpha value is -2.87. The van der Waals surface area contributed by atoms with E-state index in [1.54, 1.807) is 17.0 Å². The van der Waals surface area contributed by atoms with Crippen LogP contribution in [0.5, 0.6) is 5.75 Å². The molecular weight excluding hydrogens is 438 g/mol. The van der Waals surface area contributed by atoms with E-state index in [0.717, 1.165) is 10.2 Å². The number of phenols is 1. The van der Waals surface area contributed by atoms with Crippen molar-refractivity contribution in [2.45, 2.75) is 12.8 Å². The molecule has 3 amide bonds. The molecule has 0 bridgehead atoms. The van der Waals surface area contributed by atoms with Crippen molar-refractivity contribution in [3.63, 3.8) is 0 Å². The summed E-state index contributed by atoms with van der Waals surface area (Å²) in [5.74, 6) is -0.855. The Balaban J connectivity index is 1.40. The van der Waals surface area contributed by atoms with E-state index >= 15 is 0 Å². The van der Waals surface area contributed by atoms with Gasteiger partial charge in [-0.05, 0) is 42.8 Å². The van der Waals surface area contributed by atoms with E-state index in [1.165, 1.54) is 12.1 Å². The minimum Gasteiger partial charge on any atom is -0.508 e. The second-order valence-electron chi connectivity index (χ2n) is 6.84. The van der Waals surface area contributed by atoms with E-state index in [0.29, 0.717) is 31.6 Å². The first-order chi connectivity index (χ1) is 13.9. The molecule has 2 aromatic rings. The Morgan fingerprint density at radius 2 is 1.86 bits per heavy atom. The summed E-state index contributed by atoms with van der Waals surface area (Å²) in [6.45, 7) is 1.15. The van der Waals surface area contributed by atoms with E-state index in [2.05, 4.69) is 26.6 Å². The Morgan fingerprint density at radius 1 is 1.10 bits per heavy atom. The summed E-state index contributed by atoms with van der Waals surface area (Å²) in [5, 5.41) is 15.0. The summed E-state index contributed by atoms with van der Waals surface area (Å²) in [4.78, 5) is 38.3. The van der Waals surface area contributed by atoms with Crippen LogP contribution in [-0.2, 0) is 9.59 Å². The Bertz CT molecular complexity index is 918. The van der Waals surface area contributed by atoms with Crippen LogP contribution in [0.3, 0.4) is 0 Å². The van der Waals surface area contributed by atoms with Crippen molar-refractivity contribution >= 4 is 39.3 Å². The standard InChI is InChI=1S/C21H22BrN3O4/c22-16-5-2-6-17(12-16)25-13-15(11-19(25)27)21(29)24-9-3-8-23-20(28)14-4-1-7-18(26)10-14/h1-2,4-7,10,12,15,26H,3,8-9,11,13H2,(H,23,28)(H,24,29). The van der Waals surface area contributed by atoms with Gasteiger partial charge in [-0.2, -0.15) is 0 Å². The Kier molecular flexibility index (Phi) is 6.87. The van der Waals surface area contributed by atoms with Crippen molar-refractivity contribution in [3.05, 3.63) is 58.6 Å². The number of nitrogens with one attached hydrogen (secondary N) is 2. The van der Waals surface area contributed by atoms with Crippen LogP contribution in [0.4, 0.5) is 5.69 Å². The van der Waals surface area contributed by atoms with Gasteiger partial charge in [-0.25, -0.2) is 0 Å². The van der Waals surface area contributed by atoms with Crippen LogP contribution >= 0.6 is 15.9 Å². The number of anilines is 1. The molecule has 1 heterocycles. The van der Waals surface area contributed by atoms with E-state index in [-0.39, 0.29) is 35.8 Å². The molecule has 0 saturated carbocycles. The molecular formula is C21H22BrN3O4. The van der Waals surface area contributed by atoms with Gasteiger partial charge in [0.1, 0.15) is 5.75 Å². The average molecular weight is 460 g/mol. The van der Waals surface area contributed by atoms with E-state index in [9.17, 15) is 19.5 Å². The molecule has 1 saturated heterocycles. The van der Waals surface area contributed by atoms with Gasteiger partial charge in [0.15, 0.2) is 0 Å². The van der Waals surface area contributed by atoms with Gasteiger partial charge in [0.05, 0.1) is 5.92 Å². The molecule has 1 aliphatic rings. The van der Waals surface area contributed by atoms with Crippen LogP contribution < -0.4 is 15.5 Å². The third-order valence-electron chi connectivity index (χ3n) is 4.66. The second-order valence-corrected chi connectivity index (χ2v) is 7.75. The highest BCUT2D eigenvalue weighted by atomic mass is 79.9. The summed E-state index contributed by atoms with van der Waals surface area (Å²) in [7, 11) is 0. The molecule has 7 nitrogen and oxygen atoms in total. The van der Waals surface area contributed by atoms with Gasteiger partial charge in [-0.3, -0.25) is 14.4 Å². The van der Waals surface area contributed by atoms with Crippen molar-refractivity contribution in [1.29, 1.82) is 0 Å². The fourth-order valence-electron chi connectivity index (χ4n) is 3.17. The molecule has 3 rings (SSSR count). The molecule has 2 aromatic carbocycles. The lowest BCUT2D eigenvalue weighted by atomic mass is 10.1. The third-order valence-corrected chi connectivity index (χ3v) is 5.16. The molecule has 0 aromatic heterocycles. The number of aromatic hydroxyl groups is 1. The Morgan fingerprint density at radius 3 is 2.62 bits per heavy atom. The number of hydrogen-bond donors (Lipinski definition) is 3. The van der Waals surface area contributed by atoms with E-state index in [1.807, 2.05) is 24.3 Å². The number of amides is 3. The van der Waals surface area contributed by atoms with E-state index < -0.39 is 0 Å². The van der Waals surface area contributed by atoms with Gasteiger partial charge < -0.3 is 20.6 Å². The van der Waals surface area contributed by atoms with Gasteiger partial charge in [0.25, 0.3) is 5.91 Å². The van der Waals surface area contributed by atoms with Gasteiger partial charge in [0.2, 0.25) is 11.8 Å². The van der Waals surface area contributed by atoms with Gasteiger partial charge >= 0.3 is 0 Å². The quantitative estimate of drug-likeness (QED) is 0.553. The lowest BCUT2D eigenvalue weighted by Crippen LogP contribution is -2.35. The smallest absolute Gasteiger partial charge is 0.251 e. The predicted molar refractivity (Wildman–Crippen MR) is 113 cm³/mol. The molecule has 29 heavy (non-hydrogen) atoms. The maximum Gasteiger partial charge on any atom is 0.251 e. The molecule has 1 unspecified atom stereocenters. The summed E-state index contributed by atoms with van der Waals surface area (Å²) in [5.41, 5.74) is 1.15. The van der Waals surface area contributed by atoms with Crippen LogP contribution in [0.2, 0.25) is 0 Å². The maximum atomic E-state index is 12.4. The van der Waals surface area contributed by atoms with Crippen LogP contribution in [0, 0.1) is 5.92 Å². The van der Waals surface area contributed by atoms with Crippen molar-refractivity contribution < 1.29 is 19.5 Å². The molecule has 3 N–H and O–H groups in total. The monoisotopic (exact) mass is 459 g/mol. The zero-order chi connectivity index (χ0) is 20.8. The first kappa shape index (κ1) is 20.9. The molecule has 152 valence electrons. The van der Waals surface area contributed by atoms with Crippen molar-refractivity contribution in [2.24, 2.45) is 5.92 Å². The number of hydrogen-bond acceptors (Lipinski definition) is 4. The fourth-order valence-corrected chi connectivity index (χ4v) is 3.56. The molecule has 0 aliphatic carbocycles.